The van der Waals surface area contributed by atoms with E-state index in [4.69, 9.17) is 4.74 Å². The summed E-state index contributed by atoms with van der Waals surface area (Å²) in [5.41, 5.74) is -0.395. The third-order valence-corrected chi connectivity index (χ3v) is 4.05. The lowest BCUT2D eigenvalue weighted by atomic mass is 9.59. The van der Waals surface area contributed by atoms with Crippen LogP contribution in [-0.2, 0) is 9.53 Å². The van der Waals surface area contributed by atoms with E-state index in [-0.39, 0.29) is 22.9 Å². The van der Waals surface area contributed by atoms with Gasteiger partial charge in [0.2, 0.25) is 0 Å². The van der Waals surface area contributed by atoms with Gasteiger partial charge >= 0.3 is 5.97 Å². The fourth-order valence-corrected chi connectivity index (χ4v) is 2.38. The van der Waals surface area contributed by atoms with Gasteiger partial charge < -0.3 is 4.74 Å². The summed E-state index contributed by atoms with van der Waals surface area (Å²) in [6, 6.07) is 0. The molecule has 0 amide bonds. The minimum Gasteiger partial charge on any atom is -0.463 e. The second kappa shape index (κ2) is 5.63. The van der Waals surface area contributed by atoms with Gasteiger partial charge in [-0.2, -0.15) is 0 Å². The van der Waals surface area contributed by atoms with Gasteiger partial charge in [-0.3, -0.25) is 4.79 Å². The van der Waals surface area contributed by atoms with E-state index >= 15 is 0 Å². The molecule has 0 aliphatic rings. The van der Waals surface area contributed by atoms with Crippen LogP contribution >= 0.6 is 0 Å². The molecule has 0 aromatic rings. The number of rotatable bonds is 5. The molecule has 0 saturated heterocycles. The van der Waals surface area contributed by atoms with Gasteiger partial charge in [-0.1, -0.05) is 41.5 Å². The van der Waals surface area contributed by atoms with Crippen LogP contribution in [0.15, 0.2) is 0 Å². The first-order chi connectivity index (χ1) is 7.85. The molecule has 0 radical (unpaired) electrons. The average molecular weight is 256 g/mol. The van der Waals surface area contributed by atoms with Crippen LogP contribution in [0, 0.1) is 16.2 Å². The van der Waals surface area contributed by atoms with Crippen LogP contribution in [0.1, 0.15) is 75.2 Å². The topological polar surface area (TPSA) is 26.3 Å². The summed E-state index contributed by atoms with van der Waals surface area (Å²) in [5.74, 6) is -0.0562. The van der Waals surface area contributed by atoms with E-state index in [0.29, 0.717) is 0 Å². The summed E-state index contributed by atoms with van der Waals surface area (Å²) < 4.78 is 5.51. The van der Waals surface area contributed by atoms with Gasteiger partial charge in [-0.15, -0.1) is 0 Å². The van der Waals surface area contributed by atoms with Crippen molar-refractivity contribution in [2.24, 2.45) is 16.2 Å². The van der Waals surface area contributed by atoms with E-state index in [2.05, 4.69) is 48.5 Å². The fourth-order valence-electron chi connectivity index (χ4n) is 2.38. The highest BCUT2D eigenvalue weighted by Crippen LogP contribution is 2.49. The summed E-state index contributed by atoms with van der Waals surface area (Å²) in [5, 5.41) is 0. The van der Waals surface area contributed by atoms with Crippen molar-refractivity contribution in [1.82, 2.24) is 0 Å². The predicted molar refractivity (Wildman–Crippen MR) is 77.5 cm³/mol. The average Bonchev–Trinajstić information content (AvgIpc) is 2.13. The first-order valence-corrected chi connectivity index (χ1v) is 7.07. The van der Waals surface area contributed by atoms with Crippen molar-refractivity contribution in [3.05, 3.63) is 0 Å². The van der Waals surface area contributed by atoms with Gasteiger partial charge in [0.15, 0.2) is 0 Å². The number of esters is 1. The zero-order chi connectivity index (χ0) is 14.8. The standard InChI is InChI=1S/C16H32O2/c1-10-15(7,8)16(9,11-14(4,5)6)13(17)18-12(2)3/h12H,10-11H2,1-9H3. The normalized spacial score (nSPS) is 16.6. The number of hydrogen-bond donors (Lipinski definition) is 0. The Kier molecular flexibility index (Phi) is 5.46. The summed E-state index contributed by atoms with van der Waals surface area (Å²) in [6.45, 7) is 18.9. The van der Waals surface area contributed by atoms with E-state index in [9.17, 15) is 4.79 Å². The molecule has 1 atom stereocenters. The summed E-state index contributed by atoms with van der Waals surface area (Å²) in [7, 11) is 0. The third-order valence-electron chi connectivity index (χ3n) is 4.05. The highest BCUT2D eigenvalue weighted by atomic mass is 16.5. The van der Waals surface area contributed by atoms with Crippen molar-refractivity contribution in [2.45, 2.75) is 81.3 Å². The van der Waals surface area contributed by atoms with Gasteiger partial charge in [-0.05, 0) is 44.4 Å². The van der Waals surface area contributed by atoms with Crippen LogP contribution in [0.25, 0.3) is 0 Å². The van der Waals surface area contributed by atoms with E-state index in [1.54, 1.807) is 0 Å². The molecule has 2 heteroatoms. The molecule has 0 aromatic heterocycles. The second-order valence-corrected chi connectivity index (χ2v) is 7.76. The molecule has 0 spiro atoms. The van der Waals surface area contributed by atoms with Crippen molar-refractivity contribution in [1.29, 1.82) is 0 Å². The Labute approximate surface area is 113 Å². The molecule has 0 N–H and O–H groups in total. The van der Waals surface area contributed by atoms with Crippen molar-refractivity contribution in [2.75, 3.05) is 0 Å². The maximum Gasteiger partial charge on any atom is 0.312 e. The Morgan fingerprint density at radius 1 is 1.06 bits per heavy atom. The molecule has 0 fully saturated rings. The summed E-state index contributed by atoms with van der Waals surface area (Å²) in [4.78, 5) is 12.5. The van der Waals surface area contributed by atoms with Crippen molar-refractivity contribution >= 4 is 5.97 Å². The van der Waals surface area contributed by atoms with E-state index in [1.807, 2.05) is 13.8 Å². The van der Waals surface area contributed by atoms with Crippen molar-refractivity contribution < 1.29 is 9.53 Å². The molecule has 0 aliphatic heterocycles. The van der Waals surface area contributed by atoms with Gasteiger partial charge in [-0.25, -0.2) is 0 Å². The highest BCUT2D eigenvalue weighted by Gasteiger charge is 2.49. The van der Waals surface area contributed by atoms with Gasteiger partial charge in [0.1, 0.15) is 0 Å². The second-order valence-electron chi connectivity index (χ2n) is 7.76. The highest BCUT2D eigenvalue weighted by molar-refractivity contribution is 5.77. The quantitative estimate of drug-likeness (QED) is 0.659. The molecule has 0 rings (SSSR count). The molecule has 0 heterocycles. The maximum absolute atomic E-state index is 12.5. The molecular formula is C16H32O2. The fraction of sp³-hybridized carbons (Fsp3) is 0.938. The van der Waals surface area contributed by atoms with E-state index < -0.39 is 5.41 Å². The molecule has 0 saturated carbocycles. The van der Waals surface area contributed by atoms with Gasteiger partial charge in [0.25, 0.3) is 0 Å². The Bertz CT molecular complexity index is 284. The monoisotopic (exact) mass is 256 g/mol. The molecule has 1 unspecified atom stereocenters. The lowest BCUT2D eigenvalue weighted by Gasteiger charge is -2.45. The smallest absolute Gasteiger partial charge is 0.312 e. The first kappa shape index (κ1) is 17.5. The minimum absolute atomic E-state index is 0.0514. The number of ether oxygens (including phenoxy) is 1. The molecule has 18 heavy (non-hydrogen) atoms. The van der Waals surface area contributed by atoms with Crippen molar-refractivity contribution in [3.8, 4) is 0 Å². The summed E-state index contributed by atoms with van der Waals surface area (Å²) >= 11 is 0. The zero-order valence-corrected chi connectivity index (χ0v) is 13.8. The number of carbonyl (C=O) groups excluding carboxylic acids is 1. The molecule has 2 nitrogen and oxygen atoms in total. The van der Waals surface area contributed by atoms with Crippen LogP contribution in [0.3, 0.4) is 0 Å². The molecule has 0 bridgehead atoms. The lowest BCUT2D eigenvalue weighted by Crippen LogP contribution is -2.46. The Balaban J connectivity index is 5.35. The minimum atomic E-state index is -0.440. The van der Waals surface area contributed by atoms with Crippen LogP contribution in [0.2, 0.25) is 0 Å². The largest absolute Gasteiger partial charge is 0.463 e. The van der Waals surface area contributed by atoms with Crippen molar-refractivity contribution in [3.63, 3.8) is 0 Å². The third kappa shape index (κ3) is 4.29. The Morgan fingerprint density at radius 2 is 1.50 bits per heavy atom. The molecular weight excluding hydrogens is 224 g/mol. The SMILES string of the molecule is CCC(C)(C)C(C)(CC(C)(C)C)C(=O)OC(C)C. The molecule has 0 aliphatic carbocycles. The van der Waals surface area contributed by atoms with E-state index in [0.717, 1.165) is 12.8 Å². The van der Waals surface area contributed by atoms with Gasteiger partial charge in [0.05, 0.1) is 11.5 Å². The predicted octanol–water partition coefficient (Wildman–Crippen LogP) is 4.82. The zero-order valence-electron chi connectivity index (χ0n) is 13.8. The van der Waals surface area contributed by atoms with Crippen LogP contribution < -0.4 is 0 Å². The van der Waals surface area contributed by atoms with Gasteiger partial charge in [0, 0.05) is 0 Å². The Hall–Kier alpha value is -0.530. The van der Waals surface area contributed by atoms with Crippen LogP contribution in [-0.4, -0.2) is 12.1 Å². The Morgan fingerprint density at radius 3 is 1.78 bits per heavy atom. The lowest BCUT2D eigenvalue weighted by molar-refractivity contribution is -0.170. The first-order valence-electron chi connectivity index (χ1n) is 7.07. The maximum atomic E-state index is 12.5. The number of hydrogen-bond acceptors (Lipinski definition) is 2. The van der Waals surface area contributed by atoms with Crippen LogP contribution in [0.5, 0.6) is 0 Å². The summed E-state index contributed by atoms with van der Waals surface area (Å²) in [6.07, 6.45) is 1.75. The molecule has 0 aromatic carbocycles. The van der Waals surface area contributed by atoms with E-state index in [1.165, 1.54) is 0 Å². The van der Waals surface area contributed by atoms with Crippen LogP contribution in [0.4, 0.5) is 0 Å². The number of carbonyl (C=O) groups is 1. The molecule has 108 valence electrons.